The summed E-state index contributed by atoms with van der Waals surface area (Å²) >= 11 is 0. The molecular formula is C17H25FN2O2S. The third kappa shape index (κ3) is 3.75. The van der Waals surface area contributed by atoms with Crippen LogP contribution in [0.15, 0.2) is 18.2 Å². The lowest BCUT2D eigenvalue weighted by atomic mass is 9.91. The van der Waals surface area contributed by atoms with E-state index in [0.717, 1.165) is 37.9 Å². The molecule has 0 spiro atoms. The van der Waals surface area contributed by atoms with Crippen molar-refractivity contribution in [1.82, 2.24) is 9.21 Å². The van der Waals surface area contributed by atoms with Gasteiger partial charge in [0.05, 0.1) is 6.26 Å². The minimum absolute atomic E-state index is 0.166. The lowest BCUT2D eigenvalue weighted by Crippen LogP contribution is -2.45. The molecule has 2 unspecified atom stereocenters. The summed E-state index contributed by atoms with van der Waals surface area (Å²) in [5.41, 5.74) is 2.31. The molecule has 2 atom stereocenters. The highest BCUT2D eigenvalue weighted by Crippen LogP contribution is 2.31. The minimum atomic E-state index is -3.09. The first-order chi connectivity index (χ1) is 10.8. The topological polar surface area (TPSA) is 40.6 Å². The van der Waals surface area contributed by atoms with Crippen LogP contribution in [0.5, 0.6) is 0 Å². The van der Waals surface area contributed by atoms with Crippen LogP contribution in [0.2, 0.25) is 0 Å². The zero-order valence-electron chi connectivity index (χ0n) is 13.8. The highest BCUT2D eigenvalue weighted by Gasteiger charge is 2.30. The van der Waals surface area contributed by atoms with Crippen molar-refractivity contribution in [1.29, 1.82) is 0 Å². The van der Waals surface area contributed by atoms with Gasteiger partial charge in [-0.15, -0.1) is 0 Å². The summed E-state index contributed by atoms with van der Waals surface area (Å²) in [7, 11) is -3.09. The maximum atomic E-state index is 13.4. The highest BCUT2D eigenvalue weighted by molar-refractivity contribution is 7.88. The zero-order chi connectivity index (χ0) is 16.6. The standard InChI is InChI=1S/C17H25FN2O2S/c1-13-17-6-5-16(18)10-15(17)7-9-19(13)11-14-4-3-8-20(12-14)23(2,21)22/h5-6,10,13-14H,3-4,7-9,11-12H2,1-2H3. The van der Waals surface area contributed by atoms with Crippen molar-refractivity contribution < 1.29 is 12.8 Å². The first-order valence-electron chi connectivity index (χ1n) is 8.32. The summed E-state index contributed by atoms with van der Waals surface area (Å²) in [4.78, 5) is 2.41. The Bertz CT molecular complexity index is 677. The quantitative estimate of drug-likeness (QED) is 0.848. The van der Waals surface area contributed by atoms with Crippen LogP contribution in [0.4, 0.5) is 4.39 Å². The van der Waals surface area contributed by atoms with Crippen LogP contribution in [0.25, 0.3) is 0 Å². The number of hydrogen-bond donors (Lipinski definition) is 0. The lowest BCUT2D eigenvalue weighted by Gasteiger charge is -2.39. The molecule has 0 aromatic heterocycles. The number of rotatable bonds is 3. The molecule has 2 aliphatic heterocycles. The summed E-state index contributed by atoms with van der Waals surface area (Å²) in [5, 5.41) is 0. The fraction of sp³-hybridized carbons (Fsp3) is 0.647. The van der Waals surface area contributed by atoms with Gasteiger partial charge in [-0.25, -0.2) is 17.1 Å². The van der Waals surface area contributed by atoms with Gasteiger partial charge in [-0.2, -0.15) is 0 Å². The molecule has 0 bridgehead atoms. The molecule has 6 heteroatoms. The van der Waals surface area contributed by atoms with Gasteiger partial charge in [0.15, 0.2) is 0 Å². The zero-order valence-corrected chi connectivity index (χ0v) is 14.7. The highest BCUT2D eigenvalue weighted by atomic mass is 32.2. The number of benzene rings is 1. The molecule has 0 aliphatic carbocycles. The number of halogens is 1. The van der Waals surface area contributed by atoms with Gasteiger partial charge in [0.25, 0.3) is 0 Å². The Hall–Kier alpha value is -0.980. The molecule has 1 aromatic carbocycles. The van der Waals surface area contributed by atoms with Crippen LogP contribution in [0.3, 0.4) is 0 Å². The van der Waals surface area contributed by atoms with Gasteiger partial charge in [-0.3, -0.25) is 4.90 Å². The fourth-order valence-electron chi connectivity index (χ4n) is 3.91. The second kappa shape index (κ2) is 6.49. The van der Waals surface area contributed by atoms with Crippen LogP contribution in [-0.4, -0.2) is 50.1 Å². The molecule has 128 valence electrons. The predicted octanol–water partition coefficient (Wildman–Crippen LogP) is 2.42. The van der Waals surface area contributed by atoms with Gasteiger partial charge in [0.1, 0.15) is 5.82 Å². The molecule has 2 aliphatic rings. The van der Waals surface area contributed by atoms with Gasteiger partial charge in [-0.1, -0.05) is 6.07 Å². The number of hydrogen-bond acceptors (Lipinski definition) is 3. The molecule has 4 nitrogen and oxygen atoms in total. The Labute approximate surface area is 138 Å². The van der Waals surface area contributed by atoms with Crippen molar-refractivity contribution in [2.45, 2.75) is 32.2 Å². The SMILES string of the molecule is CC1c2ccc(F)cc2CCN1CC1CCCN(S(C)(=O)=O)C1. The number of piperidine rings is 1. The van der Waals surface area contributed by atoms with Gasteiger partial charge in [0, 0.05) is 32.2 Å². The molecule has 23 heavy (non-hydrogen) atoms. The predicted molar refractivity (Wildman–Crippen MR) is 89.2 cm³/mol. The Morgan fingerprint density at radius 1 is 1.30 bits per heavy atom. The average Bonchev–Trinajstić information content (AvgIpc) is 2.49. The number of fused-ring (bicyclic) bond motifs is 1. The number of sulfonamides is 1. The maximum absolute atomic E-state index is 13.4. The first-order valence-corrected chi connectivity index (χ1v) is 10.2. The van der Waals surface area contributed by atoms with Gasteiger partial charge in [-0.05, 0) is 55.4 Å². The monoisotopic (exact) mass is 340 g/mol. The van der Waals surface area contributed by atoms with E-state index in [1.54, 1.807) is 10.4 Å². The number of nitrogens with zero attached hydrogens (tertiary/aromatic N) is 2. The first kappa shape index (κ1) is 16.9. The smallest absolute Gasteiger partial charge is 0.211 e. The Morgan fingerprint density at radius 2 is 2.09 bits per heavy atom. The Kier molecular flexibility index (Phi) is 4.76. The summed E-state index contributed by atoms with van der Waals surface area (Å²) in [6.45, 7) is 5.25. The fourth-order valence-corrected chi connectivity index (χ4v) is 4.85. The van der Waals surface area contributed by atoms with Crippen molar-refractivity contribution in [3.8, 4) is 0 Å². The van der Waals surface area contributed by atoms with E-state index in [1.807, 2.05) is 6.07 Å². The van der Waals surface area contributed by atoms with Crippen molar-refractivity contribution >= 4 is 10.0 Å². The third-order valence-corrected chi connectivity index (χ3v) is 6.48. The van der Waals surface area contributed by atoms with E-state index in [1.165, 1.54) is 17.9 Å². The summed E-state index contributed by atoms with van der Waals surface area (Å²) in [5.74, 6) is 0.211. The van der Waals surface area contributed by atoms with Gasteiger partial charge >= 0.3 is 0 Å². The van der Waals surface area contributed by atoms with Crippen LogP contribution in [0.1, 0.15) is 36.9 Å². The summed E-state index contributed by atoms with van der Waals surface area (Å²) in [6.07, 6.45) is 4.16. The molecule has 2 heterocycles. The molecule has 1 saturated heterocycles. The lowest BCUT2D eigenvalue weighted by molar-refractivity contribution is 0.137. The van der Waals surface area contributed by atoms with Crippen LogP contribution in [0, 0.1) is 11.7 Å². The van der Waals surface area contributed by atoms with E-state index in [2.05, 4.69) is 11.8 Å². The van der Waals surface area contributed by atoms with Gasteiger partial charge < -0.3 is 0 Å². The van der Waals surface area contributed by atoms with E-state index in [9.17, 15) is 12.8 Å². The molecule has 1 fully saturated rings. The summed E-state index contributed by atoms with van der Waals surface area (Å²) in [6, 6.07) is 5.33. The van der Waals surface area contributed by atoms with E-state index < -0.39 is 10.0 Å². The van der Waals surface area contributed by atoms with Crippen molar-refractivity contribution in [3.05, 3.63) is 35.1 Å². The van der Waals surface area contributed by atoms with E-state index in [4.69, 9.17) is 0 Å². The molecule has 0 amide bonds. The largest absolute Gasteiger partial charge is 0.296 e. The molecule has 1 aromatic rings. The van der Waals surface area contributed by atoms with Crippen molar-refractivity contribution in [2.75, 3.05) is 32.4 Å². The van der Waals surface area contributed by atoms with Gasteiger partial charge in [0.2, 0.25) is 10.0 Å². The van der Waals surface area contributed by atoms with E-state index in [-0.39, 0.29) is 11.9 Å². The van der Waals surface area contributed by atoms with Crippen LogP contribution >= 0.6 is 0 Å². The Morgan fingerprint density at radius 3 is 2.83 bits per heavy atom. The second-order valence-electron chi connectivity index (χ2n) is 6.89. The van der Waals surface area contributed by atoms with Crippen LogP contribution in [-0.2, 0) is 16.4 Å². The van der Waals surface area contributed by atoms with E-state index in [0.29, 0.717) is 19.0 Å². The van der Waals surface area contributed by atoms with Crippen LogP contribution < -0.4 is 0 Å². The minimum Gasteiger partial charge on any atom is -0.296 e. The Balaban J connectivity index is 1.68. The van der Waals surface area contributed by atoms with E-state index >= 15 is 0 Å². The molecule has 0 radical (unpaired) electrons. The van der Waals surface area contributed by atoms with Crippen molar-refractivity contribution in [3.63, 3.8) is 0 Å². The maximum Gasteiger partial charge on any atom is 0.211 e. The molecule has 0 N–H and O–H groups in total. The summed E-state index contributed by atoms with van der Waals surface area (Å²) < 4.78 is 38.5. The molecular weight excluding hydrogens is 315 g/mol. The average molecular weight is 340 g/mol. The molecule has 3 rings (SSSR count). The van der Waals surface area contributed by atoms with Crippen molar-refractivity contribution in [2.24, 2.45) is 5.92 Å². The normalized spacial score (nSPS) is 26.9. The third-order valence-electron chi connectivity index (χ3n) is 5.21. The molecule has 0 saturated carbocycles. The second-order valence-corrected chi connectivity index (χ2v) is 8.88.